The molecule has 0 aliphatic rings. The van der Waals surface area contributed by atoms with Gasteiger partial charge in [-0.05, 0) is 18.2 Å². The van der Waals surface area contributed by atoms with Crippen LogP contribution in [0.3, 0.4) is 0 Å². The molecule has 1 heterocycles. The van der Waals surface area contributed by atoms with Crippen molar-refractivity contribution in [3.8, 4) is 6.07 Å². The largest absolute Gasteiger partial charge is 0.375 e. The zero-order valence-electron chi connectivity index (χ0n) is 10.5. The highest BCUT2D eigenvalue weighted by atomic mass is 32.1. The van der Waals surface area contributed by atoms with Crippen LogP contribution in [0, 0.1) is 31.6 Å². The van der Waals surface area contributed by atoms with Gasteiger partial charge in [-0.15, -0.1) is 0 Å². The number of nitrogens with zero attached hydrogens (tertiary/aromatic N) is 3. The van der Waals surface area contributed by atoms with Crippen LogP contribution in [0.25, 0.3) is 0 Å². The van der Waals surface area contributed by atoms with E-state index in [1.165, 1.54) is 24.3 Å². The van der Waals surface area contributed by atoms with E-state index in [1.54, 1.807) is 6.07 Å². The monoisotopic (exact) mass is 304 g/mol. The highest BCUT2D eigenvalue weighted by molar-refractivity contribution is 7.15. The summed E-state index contributed by atoms with van der Waals surface area (Å²) in [5, 5.41) is 33.2. The van der Waals surface area contributed by atoms with Crippen molar-refractivity contribution < 1.29 is 9.85 Å². The molecule has 0 atom stereocenters. The highest BCUT2D eigenvalue weighted by Gasteiger charge is 2.15. The van der Waals surface area contributed by atoms with Crippen molar-refractivity contribution >= 4 is 27.7 Å². The molecule has 0 aliphatic heterocycles. The third kappa shape index (κ3) is 3.31. The SMILES string of the molecule is N#Cc1ccc(NCc2ccc([N+](=O)[O-])s2)c([N+](=O)[O-])c1. The lowest BCUT2D eigenvalue weighted by molar-refractivity contribution is -0.384. The topological polar surface area (TPSA) is 122 Å². The number of nitro benzene ring substituents is 1. The fraction of sp³-hybridized carbons (Fsp3) is 0.0833. The van der Waals surface area contributed by atoms with E-state index in [1.807, 2.05) is 6.07 Å². The molecule has 0 bridgehead atoms. The molecule has 1 aromatic heterocycles. The van der Waals surface area contributed by atoms with Crippen LogP contribution in [-0.4, -0.2) is 9.85 Å². The molecule has 0 aliphatic carbocycles. The molecule has 1 N–H and O–H groups in total. The van der Waals surface area contributed by atoms with Crippen LogP contribution in [0.5, 0.6) is 0 Å². The van der Waals surface area contributed by atoms with Crippen molar-refractivity contribution in [3.63, 3.8) is 0 Å². The molecule has 0 unspecified atom stereocenters. The molecule has 0 spiro atoms. The molecule has 2 aromatic rings. The Balaban J connectivity index is 2.17. The van der Waals surface area contributed by atoms with Gasteiger partial charge < -0.3 is 5.32 Å². The van der Waals surface area contributed by atoms with Gasteiger partial charge in [0.15, 0.2) is 0 Å². The van der Waals surface area contributed by atoms with Gasteiger partial charge in [0.1, 0.15) is 5.69 Å². The van der Waals surface area contributed by atoms with Crippen LogP contribution in [0.1, 0.15) is 10.4 Å². The number of anilines is 1. The van der Waals surface area contributed by atoms with E-state index in [9.17, 15) is 20.2 Å². The van der Waals surface area contributed by atoms with E-state index >= 15 is 0 Å². The first kappa shape index (κ1) is 14.4. The van der Waals surface area contributed by atoms with E-state index in [0.717, 1.165) is 11.3 Å². The predicted molar refractivity (Wildman–Crippen MR) is 76.1 cm³/mol. The zero-order chi connectivity index (χ0) is 15.4. The third-order valence-corrected chi connectivity index (χ3v) is 3.64. The molecular formula is C12H8N4O4S. The minimum Gasteiger partial charge on any atom is -0.375 e. The van der Waals surface area contributed by atoms with Gasteiger partial charge in [0.05, 0.1) is 21.5 Å². The van der Waals surface area contributed by atoms with Gasteiger partial charge in [-0.1, -0.05) is 11.3 Å². The Bertz CT molecular complexity index is 750. The van der Waals surface area contributed by atoms with Crippen molar-refractivity contribution in [3.05, 3.63) is 61.0 Å². The maximum absolute atomic E-state index is 11.0. The van der Waals surface area contributed by atoms with Gasteiger partial charge in [0, 0.05) is 23.6 Å². The average molecular weight is 304 g/mol. The lowest BCUT2D eigenvalue weighted by Gasteiger charge is -2.05. The molecule has 0 amide bonds. The number of thiophene rings is 1. The Hall–Kier alpha value is -2.99. The molecule has 0 saturated heterocycles. The maximum Gasteiger partial charge on any atom is 0.324 e. The number of hydrogen-bond donors (Lipinski definition) is 1. The number of benzene rings is 1. The van der Waals surface area contributed by atoms with Crippen molar-refractivity contribution in [1.82, 2.24) is 0 Å². The van der Waals surface area contributed by atoms with Crippen LogP contribution in [-0.2, 0) is 6.54 Å². The van der Waals surface area contributed by atoms with Crippen molar-refractivity contribution in [2.45, 2.75) is 6.54 Å². The molecule has 0 radical (unpaired) electrons. The lowest BCUT2D eigenvalue weighted by Crippen LogP contribution is -2.01. The summed E-state index contributed by atoms with van der Waals surface area (Å²) in [7, 11) is 0. The number of nitrogens with one attached hydrogen (secondary N) is 1. The molecule has 2 rings (SSSR count). The fourth-order valence-electron chi connectivity index (χ4n) is 1.64. The first-order chi connectivity index (χ1) is 10.0. The number of rotatable bonds is 5. The fourth-order valence-corrected chi connectivity index (χ4v) is 2.40. The summed E-state index contributed by atoms with van der Waals surface area (Å²) in [4.78, 5) is 21.2. The van der Waals surface area contributed by atoms with Crippen LogP contribution >= 0.6 is 11.3 Å². The molecule has 21 heavy (non-hydrogen) atoms. The van der Waals surface area contributed by atoms with Gasteiger partial charge in [-0.3, -0.25) is 20.2 Å². The number of nitriles is 1. The van der Waals surface area contributed by atoms with E-state index in [2.05, 4.69) is 5.32 Å². The van der Waals surface area contributed by atoms with Gasteiger partial charge in [-0.2, -0.15) is 5.26 Å². The molecule has 0 saturated carbocycles. The normalized spacial score (nSPS) is 9.86. The minimum atomic E-state index is -0.583. The lowest BCUT2D eigenvalue weighted by atomic mass is 10.2. The van der Waals surface area contributed by atoms with Gasteiger partial charge in [0.25, 0.3) is 5.69 Å². The maximum atomic E-state index is 11.0. The smallest absolute Gasteiger partial charge is 0.324 e. The molecule has 0 fully saturated rings. The standard InChI is InChI=1S/C12H8N4O4S/c13-6-8-1-3-10(11(5-8)15(17)18)14-7-9-2-4-12(21-9)16(19)20/h1-5,14H,7H2. The summed E-state index contributed by atoms with van der Waals surface area (Å²) < 4.78 is 0. The molecule has 8 nitrogen and oxygen atoms in total. The Morgan fingerprint density at radius 3 is 2.52 bits per heavy atom. The van der Waals surface area contributed by atoms with E-state index in [0.29, 0.717) is 4.88 Å². The quantitative estimate of drug-likeness (QED) is 0.669. The Labute approximate surface area is 122 Å². The third-order valence-electron chi connectivity index (χ3n) is 2.60. The van der Waals surface area contributed by atoms with Gasteiger partial charge in [0.2, 0.25) is 0 Å². The van der Waals surface area contributed by atoms with Crippen molar-refractivity contribution in [1.29, 1.82) is 5.26 Å². The van der Waals surface area contributed by atoms with Crippen LogP contribution < -0.4 is 5.32 Å². The van der Waals surface area contributed by atoms with E-state index in [4.69, 9.17) is 5.26 Å². The van der Waals surface area contributed by atoms with Gasteiger partial charge >= 0.3 is 5.00 Å². The first-order valence-electron chi connectivity index (χ1n) is 5.67. The molecule has 9 heteroatoms. The predicted octanol–water partition coefficient (Wildman–Crippen LogP) is 3.05. The number of nitro groups is 2. The Morgan fingerprint density at radius 1 is 1.19 bits per heavy atom. The number of hydrogen-bond acceptors (Lipinski definition) is 7. The zero-order valence-corrected chi connectivity index (χ0v) is 11.3. The van der Waals surface area contributed by atoms with Crippen LogP contribution in [0.15, 0.2) is 30.3 Å². The summed E-state index contributed by atoms with van der Waals surface area (Å²) in [6.45, 7) is 0.227. The van der Waals surface area contributed by atoms with Crippen molar-refractivity contribution in [2.24, 2.45) is 0 Å². The summed E-state index contributed by atoms with van der Waals surface area (Å²) >= 11 is 0.998. The second-order valence-corrected chi connectivity index (χ2v) is 5.10. The highest BCUT2D eigenvalue weighted by Crippen LogP contribution is 2.28. The van der Waals surface area contributed by atoms with Crippen LogP contribution in [0.2, 0.25) is 0 Å². The minimum absolute atomic E-state index is 0.0149. The Kier molecular flexibility index (Phi) is 4.10. The molecule has 1 aromatic carbocycles. The summed E-state index contributed by atoms with van der Waals surface area (Å²) in [6, 6.07) is 8.89. The Morgan fingerprint density at radius 2 is 1.95 bits per heavy atom. The van der Waals surface area contributed by atoms with Gasteiger partial charge in [-0.25, -0.2) is 0 Å². The van der Waals surface area contributed by atoms with Crippen LogP contribution in [0.4, 0.5) is 16.4 Å². The average Bonchev–Trinajstić information content (AvgIpc) is 2.94. The summed E-state index contributed by atoms with van der Waals surface area (Å²) in [5.41, 5.74) is 0.245. The summed E-state index contributed by atoms with van der Waals surface area (Å²) in [6.07, 6.45) is 0. The summed E-state index contributed by atoms with van der Waals surface area (Å²) in [5.74, 6) is 0. The first-order valence-corrected chi connectivity index (χ1v) is 6.48. The van der Waals surface area contributed by atoms with E-state index in [-0.39, 0.29) is 28.5 Å². The molecule has 106 valence electrons. The van der Waals surface area contributed by atoms with E-state index < -0.39 is 9.85 Å². The second-order valence-electron chi connectivity index (χ2n) is 3.95. The van der Waals surface area contributed by atoms with Crippen molar-refractivity contribution in [2.75, 3.05) is 5.32 Å². The second kappa shape index (κ2) is 5.98. The molecular weight excluding hydrogens is 296 g/mol.